The lowest BCUT2D eigenvalue weighted by molar-refractivity contribution is -0.240. The van der Waals surface area contributed by atoms with E-state index in [0.29, 0.717) is 16.7 Å². The number of ether oxygens (including phenoxy) is 1. The van der Waals surface area contributed by atoms with Crippen LogP contribution in [0.1, 0.15) is 40.3 Å². The SMILES string of the molecule is CC1=C(C(=O)OCc2ccccc2C#N)c2c(C#CC(O)(c3ccccc3)C(F)(F)F)cn(C)c(=O)c2C1. The summed E-state index contributed by atoms with van der Waals surface area (Å²) in [6.45, 7) is 1.40. The minimum atomic E-state index is -5.13. The van der Waals surface area contributed by atoms with Gasteiger partial charge in [-0.1, -0.05) is 60.0 Å². The number of allylic oxidation sites excluding steroid dienone is 1. The maximum atomic E-state index is 14.0. The minimum Gasteiger partial charge on any atom is -0.457 e. The molecule has 6 nitrogen and oxygen atoms in total. The van der Waals surface area contributed by atoms with E-state index in [2.05, 4.69) is 5.92 Å². The average Bonchev–Trinajstić information content (AvgIpc) is 3.25. The number of hydrogen-bond donors (Lipinski definition) is 1. The van der Waals surface area contributed by atoms with Crippen LogP contribution in [0, 0.1) is 23.2 Å². The van der Waals surface area contributed by atoms with Gasteiger partial charge >= 0.3 is 12.1 Å². The van der Waals surface area contributed by atoms with Gasteiger partial charge in [0.15, 0.2) is 0 Å². The van der Waals surface area contributed by atoms with Gasteiger partial charge in [0.05, 0.1) is 17.2 Å². The van der Waals surface area contributed by atoms with Gasteiger partial charge in [0.2, 0.25) is 5.60 Å². The summed E-state index contributed by atoms with van der Waals surface area (Å²) in [5.41, 5.74) is -2.86. The highest BCUT2D eigenvalue weighted by atomic mass is 19.4. The lowest BCUT2D eigenvalue weighted by Crippen LogP contribution is -2.41. The first-order valence-corrected chi connectivity index (χ1v) is 11.4. The number of carbonyl (C=O) groups is 1. The molecule has 9 heteroatoms. The monoisotopic (exact) mass is 518 g/mol. The number of aryl methyl sites for hydroxylation is 1. The third-order valence-electron chi connectivity index (χ3n) is 6.27. The van der Waals surface area contributed by atoms with Crippen LogP contribution in [0.5, 0.6) is 0 Å². The maximum Gasteiger partial charge on any atom is 0.433 e. The Labute approximate surface area is 216 Å². The third-order valence-corrected chi connectivity index (χ3v) is 6.27. The molecule has 192 valence electrons. The van der Waals surface area contributed by atoms with E-state index >= 15 is 0 Å². The van der Waals surface area contributed by atoms with Crippen LogP contribution < -0.4 is 5.56 Å². The van der Waals surface area contributed by atoms with Gasteiger partial charge in [-0.2, -0.15) is 18.4 Å². The molecule has 4 rings (SSSR count). The average molecular weight is 518 g/mol. The zero-order valence-corrected chi connectivity index (χ0v) is 20.4. The van der Waals surface area contributed by atoms with E-state index in [1.807, 2.05) is 12.0 Å². The van der Waals surface area contributed by atoms with Crippen molar-refractivity contribution in [3.05, 3.63) is 110 Å². The fourth-order valence-electron chi connectivity index (χ4n) is 4.30. The predicted octanol–water partition coefficient (Wildman–Crippen LogP) is 4.13. The van der Waals surface area contributed by atoms with Crippen LogP contribution in [0.3, 0.4) is 0 Å². The summed E-state index contributed by atoms with van der Waals surface area (Å²) in [5.74, 6) is 3.53. The Morgan fingerprint density at radius 3 is 2.42 bits per heavy atom. The number of hydrogen-bond acceptors (Lipinski definition) is 5. The molecule has 0 bridgehead atoms. The molecule has 1 aliphatic rings. The van der Waals surface area contributed by atoms with E-state index in [-0.39, 0.29) is 35.3 Å². The third kappa shape index (κ3) is 4.72. The molecular formula is C29H21F3N2O4. The van der Waals surface area contributed by atoms with Gasteiger partial charge in [-0.15, -0.1) is 0 Å². The van der Waals surface area contributed by atoms with E-state index in [1.54, 1.807) is 31.2 Å². The number of pyridine rings is 1. The summed E-state index contributed by atoms with van der Waals surface area (Å²) in [6, 6.07) is 15.0. The maximum absolute atomic E-state index is 14.0. The van der Waals surface area contributed by atoms with Crippen molar-refractivity contribution in [3.63, 3.8) is 0 Å². The highest BCUT2D eigenvalue weighted by Gasteiger charge is 2.54. The molecule has 1 N–H and O–H groups in total. The second-order valence-electron chi connectivity index (χ2n) is 8.81. The molecule has 0 radical (unpaired) electrons. The molecule has 0 amide bonds. The molecule has 1 atom stereocenters. The van der Waals surface area contributed by atoms with Crippen LogP contribution >= 0.6 is 0 Å². The van der Waals surface area contributed by atoms with E-state index < -0.39 is 28.9 Å². The Bertz CT molecular complexity index is 1620. The number of nitriles is 1. The second-order valence-corrected chi connectivity index (χ2v) is 8.81. The van der Waals surface area contributed by atoms with Crippen LogP contribution in [0.4, 0.5) is 13.2 Å². The fraction of sp³-hybridized carbons (Fsp3) is 0.207. The molecule has 38 heavy (non-hydrogen) atoms. The van der Waals surface area contributed by atoms with Gasteiger partial charge in [0, 0.05) is 47.5 Å². The molecule has 1 aliphatic carbocycles. The Hall–Kier alpha value is -4.60. The van der Waals surface area contributed by atoms with Crippen LogP contribution in [0.2, 0.25) is 0 Å². The first-order valence-electron chi connectivity index (χ1n) is 11.4. The van der Waals surface area contributed by atoms with Crippen molar-refractivity contribution in [1.29, 1.82) is 5.26 Å². The highest BCUT2D eigenvalue weighted by Crippen LogP contribution is 2.39. The zero-order valence-electron chi connectivity index (χ0n) is 20.4. The van der Waals surface area contributed by atoms with Gasteiger partial charge in [-0.25, -0.2) is 4.79 Å². The second kappa shape index (κ2) is 10.0. The molecular weight excluding hydrogens is 497 g/mol. The number of fused-ring (bicyclic) bond motifs is 1. The van der Waals surface area contributed by atoms with Crippen molar-refractivity contribution in [2.45, 2.75) is 31.7 Å². The summed E-state index contributed by atoms with van der Waals surface area (Å²) >= 11 is 0. The Morgan fingerprint density at radius 2 is 1.76 bits per heavy atom. The number of aliphatic hydroxyl groups is 1. The van der Waals surface area contributed by atoms with Gasteiger partial charge in [-0.3, -0.25) is 4.79 Å². The summed E-state index contributed by atoms with van der Waals surface area (Å²) in [5, 5.41) is 19.9. The molecule has 1 aromatic heterocycles. The van der Waals surface area contributed by atoms with E-state index in [9.17, 15) is 33.1 Å². The first-order chi connectivity index (χ1) is 18.0. The molecule has 0 saturated carbocycles. The summed E-state index contributed by atoms with van der Waals surface area (Å²) in [7, 11) is 1.42. The number of aromatic nitrogens is 1. The van der Waals surface area contributed by atoms with E-state index in [4.69, 9.17) is 4.74 Å². The fourth-order valence-corrected chi connectivity index (χ4v) is 4.30. The Kier molecular flexibility index (Phi) is 6.99. The Balaban J connectivity index is 1.79. The molecule has 0 saturated heterocycles. The molecule has 0 aliphatic heterocycles. The van der Waals surface area contributed by atoms with Crippen molar-refractivity contribution in [3.8, 4) is 17.9 Å². The van der Waals surface area contributed by atoms with Crippen LogP contribution in [0.25, 0.3) is 5.57 Å². The standard InChI is InChI=1S/C29H21F3N2O4/c1-18-14-23-25(24(18)27(36)38-17-21-9-7-6-8-19(21)15-33)20(16-34(2)26(23)35)12-13-28(37,29(30,31)32)22-10-4-3-5-11-22/h3-11,16,37H,14,17H2,1-2H3. The number of esters is 1. The number of nitrogens with zero attached hydrogens (tertiary/aromatic N) is 2. The van der Waals surface area contributed by atoms with Crippen molar-refractivity contribution in [1.82, 2.24) is 4.57 Å². The van der Waals surface area contributed by atoms with Gasteiger partial charge < -0.3 is 14.4 Å². The lowest BCUT2D eigenvalue weighted by Gasteiger charge is -2.25. The molecule has 1 unspecified atom stereocenters. The normalized spacial score (nSPS) is 14.1. The molecule has 1 heterocycles. The smallest absolute Gasteiger partial charge is 0.433 e. The van der Waals surface area contributed by atoms with Crippen molar-refractivity contribution >= 4 is 11.5 Å². The van der Waals surface area contributed by atoms with E-state index in [1.165, 1.54) is 36.0 Å². The van der Waals surface area contributed by atoms with Crippen LogP contribution in [-0.2, 0) is 35.2 Å². The van der Waals surface area contributed by atoms with Gasteiger partial charge in [-0.05, 0) is 18.9 Å². The number of halogens is 3. The molecule has 2 aromatic carbocycles. The molecule has 0 spiro atoms. The first kappa shape index (κ1) is 26.5. The van der Waals surface area contributed by atoms with Crippen LogP contribution in [-0.4, -0.2) is 21.8 Å². The van der Waals surface area contributed by atoms with Crippen molar-refractivity contribution < 1.29 is 27.8 Å². The number of rotatable bonds is 4. The quantitative estimate of drug-likeness (QED) is 0.414. The highest BCUT2D eigenvalue weighted by molar-refractivity contribution is 6.19. The van der Waals surface area contributed by atoms with Gasteiger partial charge in [0.25, 0.3) is 5.56 Å². The topological polar surface area (TPSA) is 92.3 Å². The van der Waals surface area contributed by atoms with Crippen molar-refractivity contribution in [2.75, 3.05) is 0 Å². The summed E-state index contributed by atoms with van der Waals surface area (Å²) in [6.07, 6.45) is -3.82. The lowest BCUT2D eigenvalue weighted by atomic mass is 9.92. The van der Waals surface area contributed by atoms with Gasteiger partial charge in [0.1, 0.15) is 6.61 Å². The van der Waals surface area contributed by atoms with E-state index in [0.717, 1.165) is 12.1 Å². The largest absolute Gasteiger partial charge is 0.457 e. The van der Waals surface area contributed by atoms with Crippen molar-refractivity contribution in [2.24, 2.45) is 7.05 Å². The minimum absolute atomic E-state index is 0.0201. The summed E-state index contributed by atoms with van der Waals surface area (Å²) in [4.78, 5) is 26.0. The molecule has 3 aromatic rings. The number of carbonyl (C=O) groups excluding carboxylic acids is 1. The predicted molar refractivity (Wildman–Crippen MR) is 132 cm³/mol. The number of benzene rings is 2. The zero-order chi connectivity index (χ0) is 27.7. The molecule has 0 fully saturated rings. The van der Waals surface area contributed by atoms with Crippen LogP contribution in [0.15, 0.2) is 71.2 Å². The Morgan fingerprint density at radius 1 is 1.11 bits per heavy atom. The number of alkyl halides is 3. The summed E-state index contributed by atoms with van der Waals surface area (Å²) < 4.78 is 48.6.